The second-order valence-corrected chi connectivity index (χ2v) is 10.5. The van der Waals surface area contributed by atoms with Crippen molar-refractivity contribution in [3.05, 3.63) is 23.8 Å². The van der Waals surface area contributed by atoms with Crippen molar-refractivity contribution in [2.45, 2.75) is 122 Å². The van der Waals surface area contributed by atoms with Crippen LogP contribution in [0.1, 0.15) is 122 Å². The zero-order valence-corrected chi connectivity index (χ0v) is 22.5. The second-order valence-electron chi connectivity index (χ2n) is 10.5. The molecule has 1 aromatic rings. The van der Waals surface area contributed by atoms with E-state index in [-0.39, 0.29) is 5.92 Å². The summed E-state index contributed by atoms with van der Waals surface area (Å²) in [5, 5.41) is 16.0. The number of nitrogens with zero attached hydrogens (tertiary/aromatic N) is 1. The first-order valence-corrected chi connectivity index (χ1v) is 14.6. The number of amidine groups is 1. The van der Waals surface area contributed by atoms with Gasteiger partial charge in [-0.25, -0.2) is 0 Å². The van der Waals surface area contributed by atoms with Crippen LogP contribution in [0.15, 0.2) is 23.2 Å². The third-order valence-electron chi connectivity index (χ3n) is 7.45. The third-order valence-corrected chi connectivity index (χ3v) is 7.45. The summed E-state index contributed by atoms with van der Waals surface area (Å²) in [7, 11) is 0. The van der Waals surface area contributed by atoms with Crippen LogP contribution in [0.25, 0.3) is 0 Å². The molecule has 0 radical (unpaired) electrons. The molecular formula is C30H50N2O3. The molecule has 1 heterocycles. The summed E-state index contributed by atoms with van der Waals surface area (Å²) < 4.78 is 12.1. The van der Waals surface area contributed by atoms with Crippen molar-refractivity contribution in [1.82, 2.24) is 5.32 Å². The van der Waals surface area contributed by atoms with Gasteiger partial charge in [-0.15, -0.1) is 0 Å². The van der Waals surface area contributed by atoms with Crippen LogP contribution in [0, 0.1) is 5.92 Å². The maximum absolute atomic E-state index is 12.4. The van der Waals surface area contributed by atoms with Gasteiger partial charge in [0.1, 0.15) is 11.5 Å². The van der Waals surface area contributed by atoms with Crippen LogP contribution >= 0.6 is 0 Å². The first-order chi connectivity index (χ1) is 17.2. The minimum atomic E-state index is -1.18. The number of aliphatic imine (C=N–C) groups is 1. The van der Waals surface area contributed by atoms with Crippen LogP contribution in [-0.4, -0.2) is 30.7 Å². The van der Waals surface area contributed by atoms with E-state index in [2.05, 4.69) is 19.2 Å². The van der Waals surface area contributed by atoms with Gasteiger partial charge in [-0.2, -0.15) is 0 Å². The second kappa shape index (κ2) is 15.4. The number of nitrogens with one attached hydrogen (secondary N) is 1. The molecule has 1 aromatic carbocycles. The Morgan fingerprint density at radius 1 is 0.857 bits per heavy atom. The van der Waals surface area contributed by atoms with Crippen LogP contribution in [0.4, 0.5) is 0 Å². The van der Waals surface area contributed by atoms with Crippen LogP contribution in [0.5, 0.6) is 11.5 Å². The van der Waals surface area contributed by atoms with Crippen molar-refractivity contribution >= 4 is 5.84 Å². The average molecular weight is 487 g/mol. The van der Waals surface area contributed by atoms with Crippen LogP contribution in [-0.2, 0) is 5.72 Å². The summed E-state index contributed by atoms with van der Waals surface area (Å²) in [5.41, 5.74) is -0.359. The van der Waals surface area contributed by atoms with E-state index >= 15 is 0 Å². The first kappa shape index (κ1) is 27.8. The summed E-state index contributed by atoms with van der Waals surface area (Å²) in [6.45, 7) is 6.35. The standard InChI is InChI=1S/C30H50N2O3/c1-3-22-34-26-19-20-27(28(24-26)35-23-4-2)30(33,25-16-13-14-17-25)32-29-18-12-10-8-6-5-7-9-11-15-21-31-29/h19-20,24-25,33H,3-18,21-23H2,1-2H3,(H,31,32). The highest BCUT2D eigenvalue weighted by Crippen LogP contribution is 2.43. The molecule has 1 unspecified atom stereocenters. The lowest BCUT2D eigenvalue weighted by Crippen LogP contribution is -2.51. The van der Waals surface area contributed by atoms with Crippen molar-refractivity contribution in [2.24, 2.45) is 10.9 Å². The number of hydrogen-bond donors (Lipinski definition) is 2. The zero-order valence-electron chi connectivity index (χ0n) is 22.5. The Morgan fingerprint density at radius 2 is 1.49 bits per heavy atom. The van der Waals surface area contributed by atoms with Gasteiger partial charge in [0.15, 0.2) is 5.72 Å². The van der Waals surface area contributed by atoms with Gasteiger partial charge in [0, 0.05) is 30.5 Å². The fourth-order valence-electron chi connectivity index (χ4n) is 5.45. The predicted octanol–water partition coefficient (Wildman–Crippen LogP) is 7.50. The molecule has 1 fully saturated rings. The Kier molecular flexibility index (Phi) is 12.2. The Hall–Kier alpha value is -1.75. The monoisotopic (exact) mass is 486 g/mol. The summed E-state index contributed by atoms with van der Waals surface area (Å²) >= 11 is 0. The Balaban J connectivity index is 1.89. The van der Waals surface area contributed by atoms with Crippen LogP contribution in [0.2, 0.25) is 0 Å². The quantitative estimate of drug-likeness (QED) is 0.355. The third kappa shape index (κ3) is 8.70. The molecule has 0 bridgehead atoms. The lowest BCUT2D eigenvalue weighted by atomic mass is 9.86. The molecule has 5 nitrogen and oxygen atoms in total. The van der Waals surface area contributed by atoms with Crippen molar-refractivity contribution in [3.8, 4) is 11.5 Å². The molecule has 1 saturated carbocycles. The van der Waals surface area contributed by atoms with E-state index in [1.807, 2.05) is 18.2 Å². The number of hydrogen-bond acceptors (Lipinski definition) is 5. The van der Waals surface area contributed by atoms with Gasteiger partial charge in [0.05, 0.1) is 19.0 Å². The summed E-state index contributed by atoms with van der Waals surface area (Å²) in [6, 6.07) is 5.97. The molecule has 0 aromatic heterocycles. The highest BCUT2D eigenvalue weighted by molar-refractivity contribution is 5.83. The average Bonchev–Trinajstić information content (AvgIpc) is 3.42. The molecule has 0 saturated heterocycles. The Bertz CT molecular complexity index is 760. The first-order valence-electron chi connectivity index (χ1n) is 14.6. The fraction of sp³-hybridized carbons (Fsp3) is 0.767. The minimum Gasteiger partial charge on any atom is -0.493 e. The largest absolute Gasteiger partial charge is 0.493 e. The lowest BCUT2D eigenvalue weighted by molar-refractivity contribution is -0.0395. The molecule has 2 N–H and O–H groups in total. The minimum absolute atomic E-state index is 0.140. The molecule has 1 aliphatic heterocycles. The van der Waals surface area contributed by atoms with Crippen molar-refractivity contribution in [1.29, 1.82) is 0 Å². The van der Waals surface area contributed by atoms with Crippen LogP contribution < -0.4 is 14.8 Å². The zero-order chi connectivity index (χ0) is 24.8. The van der Waals surface area contributed by atoms with Crippen molar-refractivity contribution in [3.63, 3.8) is 0 Å². The van der Waals surface area contributed by atoms with E-state index in [9.17, 15) is 5.11 Å². The molecule has 2 aliphatic rings. The molecule has 5 heteroatoms. The number of benzene rings is 1. The SMILES string of the molecule is CCCOc1ccc(C(O)(NC2=NCCCCCCCCCCC2)C2CCCC2)c(OCCC)c1. The highest BCUT2D eigenvalue weighted by atomic mass is 16.5. The highest BCUT2D eigenvalue weighted by Gasteiger charge is 2.43. The molecule has 0 amide bonds. The maximum Gasteiger partial charge on any atom is 0.169 e. The fourth-order valence-corrected chi connectivity index (χ4v) is 5.45. The van der Waals surface area contributed by atoms with Gasteiger partial charge >= 0.3 is 0 Å². The normalized spacial score (nSPS) is 20.6. The van der Waals surface area contributed by atoms with Gasteiger partial charge in [-0.3, -0.25) is 4.99 Å². The molecule has 1 atom stereocenters. The molecule has 3 rings (SSSR count). The number of ether oxygens (including phenoxy) is 2. The summed E-state index contributed by atoms with van der Waals surface area (Å²) in [5.74, 6) is 2.63. The van der Waals surface area contributed by atoms with Gasteiger partial charge in [-0.1, -0.05) is 71.6 Å². The molecule has 1 aliphatic carbocycles. The lowest BCUT2D eigenvalue weighted by Gasteiger charge is -2.38. The van der Waals surface area contributed by atoms with E-state index < -0.39 is 5.72 Å². The van der Waals surface area contributed by atoms with E-state index in [1.54, 1.807) is 0 Å². The van der Waals surface area contributed by atoms with E-state index in [0.29, 0.717) is 13.2 Å². The van der Waals surface area contributed by atoms with Gasteiger partial charge in [0.25, 0.3) is 0 Å². The van der Waals surface area contributed by atoms with Crippen LogP contribution in [0.3, 0.4) is 0 Å². The summed E-state index contributed by atoms with van der Waals surface area (Å²) in [4.78, 5) is 5.00. The maximum atomic E-state index is 12.4. The molecular weight excluding hydrogens is 436 g/mol. The predicted molar refractivity (Wildman–Crippen MR) is 145 cm³/mol. The van der Waals surface area contributed by atoms with Crippen molar-refractivity contribution < 1.29 is 14.6 Å². The Labute approximate surface area is 214 Å². The van der Waals surface area contributed by atoms with E-state index in [4.69, 9.17) is 14.5 Å². The smallest absolute Gasteiger partial charge is 0.169 e. The molecule has 198 valence electrons. The van der Waals surface area contributed by atoms with E-state index in [0.717, 1.165) is 87.2 Å². The van der Waals surface area contributed by atoms with E-state index in [1.165, 1.54) is 44.9 Å². The van der Waals surface area contributed by atoms with Gasteiger partial charge < -0.3 is 19.9 Å². The molecule has 35 heavy (non-hydrogen) atoms. The van der Waals surface area contributed by atoms with Crippen molar-refractivity contribution in [2.75, 3.05) is 19.8 Å². The topological polar surface area (TPSA) is 63.1 Å². The van der Waals surface area contributed by atoms with Gasteiger partial charge in [0.2, 0.25) is 0 Å². The van der Waals surface area contributed by atoms with Gasteiger partial charge in [-0.05, 0) is 50.7 Å². The summed E-state index contributed by atoms with van der Waals surface area (Å²) in [6.07, 6.45) is 18.5. The number of rotatable bonds is 9. The Morgan fingerprint density at radius 3 is 2.17 bits per heavy atom. The molecule has 0 spiro atoms. The number of aliphatic hydroxyl groups is 1.